The number of rotatable bonds is 3. The Bertz CT molecular complexity index is 977. The van der Waals surface area contributed by atoms with Crippen LogP contribution in [-0.4, -0.2) is 44.3 Å². The fraction of sp³-hybridized carbons (Fsp3) is 0.360. The topological polar surface area (TPSA) is 15.7 Å². The molecule has 28 heavy (non-hydrogen) atoms. The Hall–Kier alpha value is -2.36. The zero-order chi connectivity index (χ0) is 18.9. The van der Waals surface area contributed by atoms with E-state index in [1.807, 2.05) is 0 Å². The molecular formula is C25H28N2O. The van der Waals surface area contributed by atoms with Gasteiger partial charge in [-0.3, -0.25) is 4.90 Å². The summed E-state index contributed by atoms with van der Waals surface area (Å²) >= 11 is 0. The van der Waals surface area contributed by atoms with Crippen molar-refractivity contribution in [1.29, 1.82) is 0 Å². The van der Waals surface area contributed by atoms with Crippen LogP contribution in [0, 0.1) is 0 Å². The van der Waals surface area contributed by atoms with Crippen LogP contribution in [0.4, 0.5) is 5.69 Å². The van der Waals surface area contributed by atoms with Crippen LogP contribution in [0.2, 0.25) is 0 Å². The van der Waals surface area contributed by atoms with Crippen molar-refractivity contribution in [3.8, 4) is 0 Å². The molecule has 1 saturated heterocycles. The fourth-order valence-electron chi connectivity index (χ4n) is 4.79. The van der Waals surface area contributed by atoms with Gasteiger partial charge in [-0.1, -0.05) is 61.5 Å². The van der Waals surface area contributed by atoms with Crippen molar-refractivity contribution in [1.82, 2.24) is 4.90 Å². The van der Waals surface area contributed by atoms with E-state index in [9.17, 15) is 0 Å². The summed E-state index contributed by atoms with van der Waals surface area (Å²) < 4.78 is 5.59. The zero-order valence-corrected chi connectivity index (χ0v) is 16.6. The van der Waals surface area contributed by atoms with Crippen LogP contribution in [0.5, 0.6) is 0 Å². The molecule has 0 aliphatic carbocycles. The van der Waals surface area contributed by atoms with Gasteiger partial charge in [0.2, 0.25) is 0 Å². The second kappa shape index (κ2) is 7.57. The molecule has 1 atom stereocenters. The minimum atomic E-state index is 0.425. The molecule has 1 fully saturated rings. The largest absolute Gasteiger partial charge is 0.378 e. The monoisotopic (exact) mass is 372 g/mol. The quantitative estimate of drug-likeness (QED) is 0.666. The van der Waals surface area contributed by atoms with Gasteiger partial charge in [0.05, 0.1) is 13.2 Å². The van der Waals surface area contributed by atoms with Crippen molar-refractivity contribution in [2.24, 2.45) is 0 Å². The van der Waals surface area contributed by atoms with E-state index in [2.05, 4.69) is 77.4 Å². The lowest BCUT2D eigenvalue weighted by Gasteiger charge is -2.38. The minimum absolute atomic E-state index is 0.425. The minimum Gasteiger partial charge on any atom is -0.378 e. The van der Waals surface area contributed by atoms with E-state index in [1.54, 1.807) is 0 Å². The molecule has 3 nitrogen and oxygen atoms in total. The lowest BCUT2D eigenvalue weighted by molar-refractivity contribution is 0.122. The standard InChI is InChI=1S/C25H28N2O/c1-2-26-17-23(21-11-10-19-6-3-4-7-20(19)16-21)22-8-5-9-25(24(22)18-26)27-12-14-28-15-13-27/h3-11,16,23H,2,12-15,17-18H2,1H3. The first-order valence-electron chi connectivity index (χ1n) is 10.5. The summed E-state index contributed by atoms with van der Waals surface area (Å²) in [6.07, 6.45) is 0. The van der Waals surface area contributed by atoms with E-state index in [-0.39, 0.29) is 0 Å². The van der Waals surface area contributed by atoms with Gasteiger partial charge in [0.25, 0.3) is 0 Å². The average molecular weight is 373 g/mol. The molecule has 0 bridgehead atoms. The van der Waals surface area contributed by atoms with Gasteiger partial charge in [-0.2, -0.15) is 0 Å². The van der Waals surface area contributed by atoms with Crippen LogP contribution in [0.15, 0.2) is 60.7 Å². The zero-order valence-electron chi connectivity index (χ0n) is 16.6. The van der Waals surface area contributed by atoms with Gasteiger partial charge >= 0.3 is 0 Å². The molecule has 2 aliphatic rings. The maximum atomic E-state index is 5.59. The highest BCUT2D eigenvalue weighted by Crippen LogP contribution is 2.39. The number of nitrogens with zero attached hydrogens (tertiary/aromatic N) is 2. The normalized spacial score (nSPS) is 20.3. The summed E-state index contributed by atoms with van der Waals surface area (Å²) in [6, 6.07) is 22.6. The molecule has 3 aromatic rings. The summed E-state index contributed by atoms with van der Waals surface area (Å²) in [5.74, 6) is 0.425. The molecule has 0 amide bonds. The molecule has 3 heteroatoms. The molecule has 0 aromatic heterocycles. The van der Waals surface area contributed by atoms with E-state index in [1.165, 1.54) is 33.2 Å². The Morgan fingerprint density at radius 3 is 2.57 bits per heavy atom. The molecule has 2 aliphatic heterocycles. The highest BCUT2D eigenvalue weighted by atomic mass is 16.5. The number of fused-ring (bicyclic) bond motifs is 2. The molecule has 5 rings (SSSR count). The van der Waals surface area contributed by atoms with E-state index in [0.29, 0.717) is 5.92 Å². The number of anilines is 1. The van der Waals surface area contributed by atoms with Gasteiger partial charge in [0.1, 0.15) is 0 Å². The van der Waals surface area contributed by atoms with Crippen molar-refractivity contribution >= 4 is 16.5 Å². The smallest absolute Gasteiger partial charge is 0.0642 e. The van der Waals surface area contributed by atoms with Gasteiger partial charge in [-0.15, -0.1) is 0 Å². The first kappa shape index (κ1) is 17.7. The molecule has 1 unspecified atom stereocenters. The van der Waals surface area contributed by atoms with E-state index >= 15 is 0 Å². The third-order valence-corrected chi connectivity index (χ3v) is 6.36. The fourth-order valence-corrected chi connectivity index (χ4v) is 4.79. The maximum absolute atomic E-state index is 5.59. The molecule has 3 aromatic carbocycles. The van der Waals surface area contributed by atoms with Gasteiger partial charge in [-0.25, -0.2) is 0 Å². The summed E-state index contributed by atoms with van der Waals surface area (Å²) in [4.78, 5) is 5.10. The third kappa shape index (κ3) is 3.19. The van der Waals surface area contributed by atoms with Crippen LogP contribution >= 0.6 is 0 Å². The summed E-state index contributed by atoms with van der Waals surface area (Å²) in [5.41, 5.74) is 5.85. The highest BCUT2D eigenvalue weighted by molar-refractivity contribution is 5.83. The molecule has 2 heterocycles. The molecule has 0 saturated carbocycles. The molecule has 0 spiro atoms. The summed E-state index contributed by atoms with van der Waals surface area (Å²) in [6.45, 7) is 9.13. The van der Waals surface area contributed by atoms with Gasteiger partial charge in [0.15, 0.2) is 0 Å². The Kier molecular flexibility index (Phi) is 4.79. The second-order valence-electron chi connectivity index (χ2n) is 7.93. The maximum Gasteiger partial charge on any atom is 0.0642 e. The lowest BCUT2D eigenvalue weighted by atomic mass is 9.83. The summed E-state index contributed by atoms with van der Waals surface area (Å²) in [7, 11) is 0. The predicted molar refractivity (Wildman–Crippen MR) is 116 cm³/mol. The Balaban J connectivity index is 1.59. The van der Waals surface area contributed by atoms with Gasteiger partial charge in [0, 0.05) is 37.8 Å². The van der Waals surface area contributed by atoms with E-state index in [0.717, 1.165) is 45.9 Å². The van der Waals surface area contributed by atoms with Crippen LogP contribution in [0.1, 0.15) is 29.5 Å². The van der Waals surface area contributed by atoms with Crippen molar-refractivity contribution in [2.45, 2.75) is 19.4 Å². The summed E-state index contributed by atoms with van der Waals surface area (Å²) in [5, 5.41) is 2.65. The average Bonchev–Trinajstić information content (AvgIpc) is 2.78. The van der Waals surface area contributed by atoms with E-state index in [4.69, 9.17) is 4.74 Å². The first-order chi connectivity index (χ1) is 13.8. The van der Waals surface area contributed by atoms with Crippen molar-refractivity contribution < 1.29 is 4.74 Å². The predicted octanol–water partition coefficient (Wildman–Crippen LogP) is 4.64. The van der Waals surface area contributed by atoms with Crippen LogP contribution in [0.3, 0.4) is 0 Å². The number of hydrogen-bond donors (Lipinski definition) is 0. The second-order valence-corrected chi connectivity index (χ2v) is 7.93. The Labute approximate surface area is 167 Å². The SMILES string of the molecule is CCN1Cc2c(cccc2N2CCOCC2)C(c2ccc3ccccc3c2)C1. The molecule has 144 valence electrons. The molecular weight excluding hydrogens is 344 g/mol. The van der Waals surface area contributed by atoms with Crippen molar-refractivity contribution in [3.63, 3.8) is 0 Å². The third-order valence-electron chi connectivity index (χ3n) is 6.36. The van der Waals surface area contributed by atoms with Crippen molar-refractivity contribution in [3.05, 3.63) is 77.4 Å². The van der Waals surface area contributed by atoms with Gasteiger partial charge in [-0.05, 0) is 40.1 Å². The number of ether oxygens (including phenoxy) is 1. The van der Waals surface area contributed by atoms with Crippen LogP contribution in [-0.2, 0) is 11.3 Å². The van der Waals surface area contributed by atoms with Crippen LogP contribution in [0.25, 0.3) is 10.8 Å². The Morgan fingerprint density at radius 2 is 1.75 bits per heavy atom. The van der Waals surface area contributed by atoms with Crippen molar-refractivity contribution in [2.75, 3.05) is 44.3 Å². The highest BCUT2D eigenvalue weighted by Gasteiger charge is 2.29. The Morgan fingerprint density at radius 1 is 0.929 bits per heavy atom. The van der Waals surface area contributed by atoms with E-state index < -0.39 is 0 Å². The molecule has 0 radical (unpaired) electrons. The molecule has 0 N–H and O–H groups in total. The lowest BCUT2D eigenvalue weighted by Crippen LogP contribution is -2.39. The number of benzene rings is 3. The van der Waals surface area contributed by atoms with Crippen LogP contribution < -0.4 is 4.90 Å². The first-order valence-corrected chi connectivity index (χ1v) is 10.5. The number of morpholine rings is 1. The number of likely N-dealkylation sites (N-methyl/N-ethyl adjacent to an activating group) is 1. The number of hydrogen-bond acceptors (Lipinski definition) is 3. The van der Waals surface area contributed by atoms with Gasteiger partial charge < -0.3 is 9.64 Å².